The molecule has 1 amide bonds. The maximum Gasteiger partial charge on any atom is 0.223 e. The molecular weight excluding hydrogens is 378 g/mol. The molecule has 1 aliphatic carbocycles. The average Bonchev–Trinajstić information content (AvgIpc) is 3.27. The zero-order valence-electron chi connectivity index (χ0n) is 17.1. The van der Waals surface area contributed by atoms with Crippen LogP contribution in [0.3, 0.4) is 0 Å². The molecule has 0 aliphatic heterocycles. The number of hydrogen-bond acceptors (Lipinski definition) is 5. The molecule has 0 atom stereocenters. The van der Waals surface area contributed by atoms with Gasteiger partial charge in [0.25, 0.3) is 0 Å². The van der Waals surface area contributed by atoms with E-state index in [1.807, 2.05) is 37.9 Å². The first-order valence-electron chi connectivity index (χ1n) is 10.5. The van der Waals surface area contributed by atoms with Crippen molar-refractivity contribution in [3.8, 4) is 0 Å². The predicted molar refractivity (Wildman–Crippen MR) is 114 cm³/mol. The van der Waals surface area contributed by atoms with E-state index in [4.69, 9.17) is 4.98 Å². The molecule has 1 saturated carbocycles. The number of aromatic nitrogens is 6. The van der Waals surface area contributed by atoms with Crippen LogP contribution in [0.25, 0.3) is 22.1 Å². The summed E-state index contributed by atoms with van der Waals surface area (Å²) >= 11 is 0. The first-order chi connectivity index (χ1) is 14.7. The SMILES string of the molecule is Cn1ncc2cc(Cc3ncc4ccn(CCCNC(=O)C5CCC5)c4n3)cnc21. The van der Waals surface area contributed by atoms with Crippen LogP contribution in [0.5, 0.6) is 0 Å². The molecule has 4 aromatic heterocycles. The lowest BCUT2D eigenvalue weighted by molar-refractivity contribution is -0.127. The Labute approximate surface area is 174 Å². The number of carbonyl (C=O) groups excluding carboxylic acids is 1. The zero-order valence-corrected chi connectivity index (χ0v) is 17.1. The van der Waals surface area contributed by atoms with Crippen molar-refractivity contribution in [2.75, 3.05) is 6.54 Å². The summed E-state index contributed by atoms with van der Waals surface area (Å²) in [5, 5.41) is 9.35. The van der Waals surface area contributed by atoms with Crippen molar-refractivity contribution in [2.45, 2.75) is 38.6 Å². The van der Waals surface area contributed by atoms with Crippen LogP contribution < -0.4 is 5.32 Å². The standard InChI is InChI=1S/C22H25N7O/c1-28-20-18(14-26-28)10-15(12-25-20)11-19-24-13-17-6-9-29(21(17)27-19)8-3-7-23-22(30)16-4-2-5-16/h6,9-10,12-14,16H,2-5,7-8,11H2,1H3,(H,23,30). The van der Waals surface area contributed by atoms with E-state index in [9.17, 15) is 4.79 Å². The summed E-state index contributed by atoms with van der Waals surface area (Å²) in [6.07, 6.45) is 12.4. The van der Waals surface area contributed by atoms with Gasteiger partial charge in [0.15, 0.2) is 5.65 Å². The van der Waals surface area contributed by atoms with Gasteiger partial charge in [0.1, 0.15) is 11.5 Å². The lowest BCUT2D eigenvalue weighted by Crippen LogP contribution is -2.35. The van der Waals surface area contributed by atoms with Crippen LogP contribution in [0, 0.1) is 5.92 Å². The second kappa shape index (κ2) is 7.85. The van der Waals surface area contributed by atoms with Gasteiger partial charge >= 0.3 is 0 Å². The Morgan fingerprint density at radius 1 is 1.17 bits per heavy atom. The maximum atomic E-state index is 12.0. The molecule has 5 rings (SSSR count). The fourth-order valence-electron chi connectivity index (χ4n) is 3.92. The molecule has 4 heterocycles. The molecule has 0 spiro atoms. The van der Waals surface area contributed by atoms with Crippen LogP contribution in [-0.4, -0.2) is 41.8 Å². The van der Waals surface area contributed by atoms with E-state index in [-0.39, 0.29) is 11.8 Å². The number of aryl methyl sites for hydroxylation is 2. The summed E-state index contributed by atoms with van der Waals surface area (Å²) in [5.41, 5.74) is 2.86. The Morgan fingerprint density at radius 3 is 2.90 bits per heavy atom. The number of carbonyl (C=O) groups is 1. The van der Waals surface area contributed by atoms with Gasteiger partial charge in [-0.25, -0.2) is 15.0 Å². The molecule has 30 heavy (non-hydrogen) atoms. The zero-order chi connectivity index (χ0) is 20.5. The highest BCUT2D eigenvalue weighted by atomic mass is 16.1. The number of nitrogens with one attached hydrogen (secondary N) is 1. The van der Waals surface area contributed by atoms with Gasteiger partial charge in [-0.2, -0.15) is 5.10 Å². The number of rotatable bonds is 7. The average molecular weight is 403 g/mol. The third-order valence-corrected chi connectivity index (χ3v) is 5.89. The molecule has 8 nitrogen and oxygen atoms in total. The van der Waals surface area contributed by atoms with Gasteiger partial charge in [0.05, 0.1) is 6.20 Å². The van der Waals surface area contributed by atoms with Gasteiger partial charge in [0, 0.05) is 61.8 Å². The summed E-state index contributed by atoms with van der Waals surface area (Å²) in [6.45, 7) is 1.51. The Kier molecular flexibility index (Phi) is 4.90. The van der Waals surface area contributed by atoms with Crippen LogP contribution in [0.4, 0.5) is 0 Å². The second-order valence-electron chi connectivity index (χ2n) is 8.05. The molecule has 0 saturated heterocycles. The normalized spacial score (nSPS) is 14.3. The molecule has 154 valence electrons. The topological polar surface area (TPSA) is 90.5 Å². The number of pyridine rings is 1. The molecular formula is C22H25N7O. The molecule has 0 bridgehead atoms. The number of fused-ring (bicyclic) bond motifs is 2. The highest BCUT2D eigenvalue weighted by molar-refractivity contribution is 5.79. The summed E-state index contributed by atoms with van der Waals surface area (Å²) < 4.78 is 3.90. The van der Waals surface area contributed by atoms with Crippen molar-refractivity contribution >= 4 is 28.0 Å². The van der Waals surface area contributed by atoms with Crippen molar-refractivity contribution < 1.29 is 4.79 Å². The minimum atomic E-state index is 0.211. The number of nitrogens with zero attached hydrogens (tertiary/aromatic N) is 6. The first kappa shape index (κ1) is 18.7. The fourth-order valence-corrected chi connectivity index (χ4v) is 3.92. The molecule has 0 unspecified atom stereocenters. The smallest absolute Gasteiger partial charge is 0.223 e. The van der Waals surface area contributed by atoms with Crippen LogP contribution in [0.15, 0.2) is 36.9 Å². The molecule has 8 heteroatoms. The first-order valence-corrected chi connectivity index (χ1v) is 10.5. The third kappa shape index (κ3) is 3.65. The van der Waals surface area contributed by atoms with E-state index in [1.165, 1.54) is 6.42 Å². The molecule has 0 aromatic carbocycles. The van der Waals surface area contributed by atoms with E-state index in [0.29, 0.717) is 13.0 Å². The molecule has 4 aromatic rings. The maximum absolute atomic E-state index is 12.0. The van der Waals surface area contributed by atoms with Crippen molar-refractivity contribution in [1.82, 2.24) is 34.6 Å². The Balaban J connectivity index is 1.25. The van der Waals surface area contributed by atoms with E-state index in [2.05, 4.69) is 31.0 Å². The number of hydrogen-bond donors (Lipinski definition) is 1. The Hall–Kier alpha value is -3.29. The van der Waals surface area contributed by atoms with Crippen molar-refractivity contribution in [1.29, 1.82) is 0 Å². The van der Waals surface area contributed by atoms with Gasteiger partial charge in [-0.15, -0.1) is 0 Å². The van der Waals surface area contributed by atoms with Gasteiger partial charge in [-0.3, -0.25) is 9.48 Å². The molecule has 1 fully saturated rings. The second-order valence-corrected chi connectivity index (χ2v) is 8.05. The van der Waals surface area contributed by atoms with Crippen LogP contribution in [0.1, 0.15) is 37.1 Å². The molecule has 0 radical (unpaired) electrons. The van der Waals surface area contributed by atoms with Crippen LogP contribution in [0.2, 0.25) is 0 Å². The van der Waals surface area contributed by atoms with E-state index in [0.717, 1.165) is 59.3 Å². The minimum absolute atomic E-state index is 0.211. The van der Waals surface area contributed by atoms with E-state index >= 15 is 0 Å². The quantitative estimate of drug-likeness (QED) is 0.479. The van der Waals surface area contributed by atoms with Crippen LogP contribution in [-0.2, 0) is 24.8 Å². The van der Waals surface area contributed by atoms with Crippen LogP contribution >= 0.6 is 0 Å². The highest BCUT2D eigenvalue weighted by Gasteiger charge is 2.24. The van der Waals surface area contributed by atoms with Gasteiger partial charge in [0.2, 0.25) is 5.91 Å². The van der Waals surface area contributed by atoms with Gasteiger partial charge in [-0.05, 0) is 37.0 Å². The lowest BCUT2D eigenvalue weighted by Gasteiger charge is -2.24. The molecule has 1 aliphatic rings. The number of amides is 1. The Morgan fingerprint density at radius 2 is 2.07 bits per heavy atom. The fraction of sp³-hybridized carbons (Fsp3) is 0.409. The van der Waals surface area contributed by atoms with Crippen molar-refractivity contribution in [3.63, 3.8) is 0 Å². The van der Waals surface area contributed by atoms with Crippen molar-refractivity contribution in [3.05, 3.63) is 48.3 Å². The van der Waals surface area contributed by atoms with E-state index < -0.39 is 0 Å². The largest absolute Gasteiger partial charge is 0.356 e. The van der Waals surface area contributed by atoms with Crippen molar-refractivity contribution in [2.24, 2.45) is 13.0 Å². The summed E-state index contributed by atoms with van der Waals surface area (Å²) in [4.78, 5) is 25.8. The minimum Gasteiger partial charge on any atom is -0.356 e. The monoisotopic (exact) mass is 403 g/mol. The predicted octanol–water partition coefficient (Wildman–Crippen LogP) is 2.61. The van der Waals surface area contributed by atoms with Gasteiger partial charge in [-0.1, -0.05) is 6.42 Å². The lowest BCUT2D eigenvalue weighted by atomic mass is 9.85. The van der Waals surface area contributed by atoms with E-state index in [1.54, 1.807) is 4.68 Å². The Bertz CT molecular complexity index is 1200. The highest BCUT2D eigenvalue weighted by Crippen LogP contribution is 2.26. The van der Waals surface area contributed by atoms with Gasteiger partial charge < -0.3 is 9.88 Å². The molecule has 1 N–H and O–H groups in total. The summed E-state index contributed by atoms with van der Waals surface area (Å²) in [5.74, 6) is 1.22. The summed E-state index contributed by atoms with van der Waals surface area (Å²) in [7, 11) is 1.89. The third-order valence-electron chi connectivity index (χ3n) is 5.89. The summed E-state index contributed by atoms with van der Waals surface area (Å²) in [6, 6.07) is 4.13.